The third kappa shape index (κ3) is 3.66. The highest BCUT2D eigenvalue weighted by atomic mass is 19.4. The minimum Gasteiger partial charge on any atom is -0.522 e. The maximum atomic E-state index is 13.7. The van der Waals surface area contributed by atoms with Crippen molar-refractivity contribution in [1.29, 1.82) is 0 Å². The lowest BCUT2D eigenvalue weighted by Gasteiger charge is -2.55. The summed E-state index contributed by atoms with van der Waals surface area (Å²) in [4.78, 5) is 6.46. The van der Waals surface area contributed by atoms with Crippen molar-refractivity contribution in [1.82, 2.24) is 4.81 Å². The van der Waals surface area contributed by atoms with Gasteiger partial charge in [0.15, 0.2) is 0 Å². The molecule has 0 spiro atoms. The summed E-state index contributed by atoms with van der Waals surface area (Å²) in [6, 6.07) is 18.6. The van der Waals surface area contributed by atoms with Crippen molar-refractivity contribution in [2.75, 3.05) is 6.54 Å². The lowest BCUT2D eigenvalue weighted by Crippen LogP contribution is -2.71. The topological polar surface area (TPSA) is 15.6 Å². The Hall–Kier alpha value is -2.50. The van der Waals surface area contributed by atoms with E-state index in [2.05, 4.69) is 18.8 Å². The summed E-state index contributed by atoms with van der Waals surface area (Å²) in [5, 5.41) is 0. The van der Waals surface area contributed by atoms with Gasteiger partial charge in [0, 0.05) is 0 Å². The molecular formula is C21H23BF3N2-. The Labute approximate surface area is 158 Å². The maximum Gasteiger partial charge on any atom is 0.429 e. The monoisotopic (exact) mass is 371 g/mol. The zero-order valence-corrected chi connectivity index (χ0v) is 15.7. The van der Waals surface area contributed by atoms with Gasteiger partial charge in [-0.2, -0.15) is 24.1 Å². The van der Waals surface area contributed by atoms with Crippen LogP contribution in [0.4, 0.5) is 13.2 Å². The van der Waals surface area contributed by atoms with Crippen molar-refractivity contribution in [3.63, 3.8) is 0 Å². The standard InChI is InChI=1S/C21H23BF3N2/c1-16(2)15-27-17(3)14-20(21(23,24)25)26-22(27,18-10-6-4-7-11-18)19-12-8-5-9-13-19/h4-14,16H,15H2,1-3H3/q-1. The van der Waals surface area contributed by atoms with Gasteiger partial charge in [-0.25, -0.2) is 0 Å². The molecule has 3 rings (SSSR count). The van der Waals surface area contributed by atoms with E-state index < -0.39 is 18.3 Å². The summed E-state index contributed by atoms with van der Waals surface area (Å²) < 4.78 is 41.1. The second kappa shape index (κ2) is 7.26. The molecule has 0 atom stereocenters. The first-order chi connectivity index (χ1) is 12.7. The number of alkyl halides is 3. The van der Waals surface area contributed by atoms with E-state index in [0.29, 0.717) is 12.2 Å². The molecule has 0 unspecified atom stereocenters. The Morgan fingerprint density at radius 2 is 1.41 bits per heavy atom. The summed E-state index contributed by atoms with van der Waals surface area (Å²) in [5.74, 6) is 0.268. The number of allylic oxidation sites excluding steroid dienone is 2. The van der Waals surface area contributed by atoms with Crippen LogP contribution in [-0.4, -0.2) is 29.7 Å². The molecule has 0 aromatic heterocycles. The predicted octanol–water partition coefficient (Wildman–Crippen LogP) is 4.12. The maximum absolute atomic E-state index is 13.7. The van der Waals surface area contributed by atoms with Crippen molar-refractivity contribution in [3.05, 3.63) is 72.4 Å². The van der Waals surface area contributed by atoms with E-state index in [0.717, 1.165) is 17.0 Å². The van der Waals surface area contributed by atoms with Gasteiger partial charge in [-0.05, 0) is 31.2 Å². The average molecular weight is 371 g/mol. The molecule has 1 aliphatic rings. The van der Waals surface area contributed by atoms with Crippen LogP contribution in [0.25, 0.3) is 0 Å². The quantitative estimate of drug-likeness (QED) is 0.739. The smallest absolute Gasteiger partial charge is 0.429 e. The van der Waals surface area contributed by atoms with Gasteiger partial charge in [-0.15, -0.1) is 0 Å². The lowest BCUT2D eigenvalue weighted by atomic mass is 9.35. The van der Waals surface area contributed by atoms with Gasteiger partial charge in [0.1, 0.15) is 0 Å². The molecule has 0 aliphatic carbocycles. The van der Waals surface area contributed by atoms with E-state index in [4.69, 9.17) is 0 Å². The molecule has 2 nitrogen and oxygen atoms in total. The van der Waals surface area contributed by atoms with E-state index >= 15 is 0 Å². The van der Waals surface area contributed by atoms with Gasteiger partial charge in [0.25, 0.3) is 6.42 Å². The first-order valence-electron chi connectivity index (χ1n) is 9.14. The summed E-state index contributed by atoms with van der Waals surface area (Å²) >= 11 is 0. The first kappa shape index (κ1) is 19.3. The fourth-order valence-electron chi connectivity index (χ4n) is 3.87. The van der Waals surface area contributed by atoms with Crippen LogP contribution >= 0.6 is 0 Å². The Kier molecular flexibility index (Phi) is 5.18. The molecule has 27 heavy (non-hydrogen) atoms. The Morgan fingerprint density at radius 3 is 1.81 bits per heavy atom. The predicted molar refractivity (Wildman–Crippen MR) is 107 cm³/mol. The zero-order valence-electron chi connectivity index (χ0n) is 15.7. The van der Waals surface area contributed by atoms with Gasteiger partial charge >= 0.3 is 6.18 Å². The molecule has 2 aromatic carbocycles. The first-order valence-corrected chi connectivity index (χ1v) is 9.14. The minimum absolute atomic E-state index is 0.268. The van der Waals surface area contributed by atoms with Crippen molar-refractivity contribution in [2.45, 2.75) is 26.9 Å². The van der Waals surface area contributed by atoms with Crippen molar-refractivity contribution in [2.24, 2.45) is 10.8 Å². The molecule has 1 aliphatic heterocycles. The van der Waals surface area contributed by atoms with Crippen LogP contribution in [-0.2, 0) is 0 Å². The van der Waals surface area contributed by atoms with Gasteiger partial charge in [-0.1, -0.05) is 74.5 Å². The molecule has 2 aromatic rings. The van der Waals surface area contributed by atoms with Gasteiger partial charge in [-0.3, -0.25) is 0 Å². The Morgan fingerprint density at radius 1 is 0.926 bits per heavy atom. The van der Waals surface area contributed by atoms with E-state index in [-0.39, 0.29) is 5.92 Å². The number of hydrogen-bond donors (Lipinski definition) is 0. The van der Waals surface area contributed by atoms with Crippen LogP contribution in [0.5, 0.6) is 0 Å². The zero-order chi connectivity index (χ0) is 19.7. The Balaban J connectivity index is 2.35. The molecule has 1 heterocycles. The Bertz CT molecular complexity index is 803. The third-order valence-corrected chi connectivity index (χ3v) is 4.96. The van der Waals surface area contributed by atoms with Crippen LogP contribution in [0, 0.1) is 5.92 Å². The summed E-state index contributed by atoms with van der Waals surface area (Å²) in [7, 11) is 0. The van der Waals surface area contributed by atoms with Crippen LogP contribution in [0.2, 0.25) is 0 Å². The molecule has 0 radical (unpaired) electrons. The highest BCUT2D eigenvalue weighted by Crippen LogP contribution is 2.30. The number of hydrogen-bond acceptors (Lipinski definition) is 2. The number of rotatable bonds is 4. The molecule has 0 saturated heterocycles. The molecule has 0 amide bonds. The van der Waals surface area contributed by atoms with Crippen LogP contribution in [0.3, 0.4) is 0 Å². The third-order valence-electron chi connectivity index (χ3n) is 4.96. The largest absolute Gasteiger partial charge is 0.522 e. The summed E-state index contributed by atoms with van der Waals surface area (Å²) in [6.07, 6.45) is -5.48. The normalized spacial score (nSPS) is 16.9. The van der Waals surface area contributed by atoms with E-state index in [1.807, 2.05) is 65.5 Å². The van der Waals surface area contributed by atoms with E-state index in [1.165, 1.54) is 0 Å². The van der Waals surface area contributed by atoms with Crippen molar-refractivity contribution in [3.8, 4) is 0 Å². The number of nitrogens with zero attached hydrogens (tertiary/aromatic N) is 2. The van der Waals surface area contributed by atoms with Crippen molar-refractivity contribution >= 4 is 23.1 Å². The van der Waals surface area contributed by atoms with Gasteiger partial charge in [0.05, 0.1) is 5.71 Å². The minimum atomic E-state index is -4.50. The molecule has 142 valence electrons. The SMILES string of the molecule is CC1=CC(C(F)(F)F)=N[B-](c2ccccc2)(c2ccccc2)N1CC(C)C. The second-order valence-corrected chi connectivity index (χ2v) is 7.44. The van der Waals surface area contributed by atoms with Crippen molar-refractivity contribution < 1.29 is 13.2 Å². The average Bonchev–Trinajstić information content (AvgIpc) is 2.63. The molecule has 0 bridgehead atoms. The number of halogens is 3. The van der Waals surface area contributed by atoms with E-state index in [1.54, 1.807) is 6.92 Å². The molecule has 6 heteroatoms. The lowest BCUT2D eigenvalue weighted by molar-refractivity contribution is -0.0577. The van der Waals surface area contributed by atoms with Crippen LogP contribution in [0.1, 0.15) is 20.8 Å². The van der Waals surface area contributed by atoms with Crippen LogP contribution in [0.15, 0.2) is 77.3 Å². The molecule has 0 saturated carbocycles. The van der Waals surface area contributed by atoms with Gasteiger partial charge in [0.2, 0.25) is 0 Å². The summed E-state index contributed by atoms with van der Waals surface area (Å²) in [5.41, 5.74) is 1.31. The van der Waals surface area contributed by atoms with Crippen LogP contribution < -0.4 is 10.9 Å². The fraction of sp³-hybridized carbons (Fsp3) is 0.286. The molecule has 0 fully saturated rings. The molecular weight excluding hydrogens is 348 g/mol. The second-order valence-electron chi connectivity index (χ2n) is 7.44. The van der Waals surface area contributed by atoms with E-state index in [9.17, 15) is 13.2 Å². The highest BCUT2D eigenvalue weighted by Gasteiger charge is 2.43. The van der Waals surface area contributed by atoms with Gasteiger partial charge < -0.3 is 9.71 Å². The summed E-state index contributed by atoms with van der Waals surface area (Å²) in [6.45, 7) is 6.48. The highest BCUT2D eigenvalue weighted by molar-refractivity contribution is 7.00. The molecule has 0 N–H and O–H groups in total. The number of benzene rings is 2. The fourth-order valence-corrected chi connectivity index (χ4v) is 3.87.